The van der Waals surface area contributed by atoms with Crippen LogP contribution in [-0.2, 0) is 12.8 Å². The number of aryl methyl sites for hydroxylation is 2. The molecule has 14 heavy (non-hydrogen) atoms. The number of nitrogens with two attached hydrogens (primary N) is 1. The van der Waals surface area contributed by atoms with Crippen LogP contribution in [0, 0.1) is 0 Å². The fourth-order valence-corrected chi connectivity index (χ4v) is 1.92. The van der Waals surface area contributed by atoms with E-state index < -0.39 is 6.10 Å². The van der Waals surface area contributed by atoms with Gasteiger partial charge in [-0.15, -0.1) is 0 Å². The Hall–Kier alpha value is -0.930. The molecule has 0 amide bonds. The van der Waals surface area contributed by atoms with Crippen LogP contribution in [0.15, 0.2) is 12.1 Å². The van der Waals surface area contributed by atoms with Crippen LogP contribution >= 0.6 is 0 Å². The molecule has 0 fully saturated rings. The van der Waals surface area contributed by atoms with E-state index in [0.29, 0.717) is 0 Å². The van der Waals surface area contributed by atoms with E-state index in [0.717, 1.165) is 36.2 Å². The highest BCUT2D eigenvalue weighted by molar-refractivity contribution is 5.29. The Morgan fingerprint density at radius 2 is 2.36 bits per heavy atom. The molecular weight excluding hydrogens is 176 g/mol. The zero-order valence-electron chi connectivity index (χ0n) is 8.40. The van der Waals surface area contributed by atoms with Gasteiger partial charge in [-0.25, -0.2) is 0 Å². The van der Waals surface area contributed by atoms with Crippen molar-refractivity contribution in [2.75, 3.05) is 0 Å². The molecule has 2 unspecified atom stereocenters. The normalized spacial score (nSPS) is 25.9. The second-order valence-electron chi connectivity index (χ2n) is 3.84. The molecule has 76 valence electrons. The second kappa shape index (κ2) is 3.67. The highest BCUT2D eigenvalue weighted by atomic mass is 16.3. The van der Waals surface area contributed by atoms with Crippen LogP contribution in [0.3, 0.4) is 0 Å². The summed E-state index contributed by atoms with van der Waals surface area (Å²) in [7, 11) is 0. The summed E-state index contributed by atoms with van der Waals surface area (Å²) in [4.78, 5) is 4.50. The molecule has 1 aliphatic rings. The van der Waals surface area contributed by atoms with E-state index >= 15 is 0 Å². The van der Waals surface area contributed by atoms with Gasteiger partial charge >= 0.3 is 0 Å². The predicted octanol–water partition coefficient (Wildman–Crippen LogP) is 0.951. The van der Waals surface area contributed by atoms with Gasteiger partial charge < -0.3 is 10.8 Å². The molecule has 0 saturated heterocycles. The number of rotatable bonds is 1. The summed E-state index contributed by atoms with van der Waals surface area (Å²) in [6, 6.07) is 3.81. The minimum Gasteiger partial charge on any atom is -0.387 e. The summed E-state index contributed by atoms with van der Waals surface area (Å²) in [5.41, 5.74) is 8.82. The zero-order valence-corrected chi connectivity index (χ0v) is 8.40. The van der Waals surface area contributed by atoms with Crippen molar-refractivity contribution in [1.29, 1.82) is 0 Å². The molecule has 1 aliphatic carbocycles. The molecule has 0 bridgehead atoms. The quantitative estimate of drug-likeness (QED) is 0.696. The fourth-order valence-electron chi connectivity index (χ4n) is 1.92. The van der Waals surface area contributed by atoms with Crippen molar-refractivity contribution in [2.24, 2.45) is 5.73 Å². The number of hydrogen-bond donors (Lipinski definition) is 2. The van der Waals surface area contributed by atoms with Gasteiger partial charge in [0.1, 0.15) is 0 Å². The van der Waals surface area contributed by atoms with Gasteiger partial charge in [-0.05, 0) is 25.3 Å². The lowest BCUT2D eigenvalue weighted by atomic mass is 9.89. The van der Waals surface area contributed by atoms with Crippen LogP contribution in [0.5, 0.6) is 0 Å². The Morgan fingerprint density at radius 1 is 1.57 bits per heavy atom. The number of aliphatic hydroxyl groups excluding tert-OH is 1. The molecule has 0 spiro atoms. The van der Waals surface area contributed by atoms with E-state index in [1.807, 2.05) is 12.1 Å². The minimum atomic E-state index is -0.530. The lowest BCUT2D eigenvalue weighted by Crippen LogP contribution is -2.33. The molecule has 2 atom stereocenters. The maximum Gasteiger partial charge on any atom is 0.0958 e. The smallest absolute Gasteiger partial charge is 0.0958 e. The minimum absolute atomic E-state index is 0.128. The topological polar surface area (TPSA) is 59.1 Å². The maximum absolute atomic E-state index is 9.83. The van der Waals surface area contributed by atoms with Crippen LogP contribution in [0.2, 0.25) is 0 Å². The summed E-state index contributed by atoms with van der Waals surface area (Å²) >= 11 is 0. The van der Waals surface area contributed by atoms with Crippen LogP contribution in [-0.4, -0.2) is 16.1 Å². The first-order valence-corrected chi connectivity index (χ1v) is 5.14. The third-order valence-electron chi connectivity index (χ3n) is 2.87. The molecule has 3 heteroatoms. The largest absolute Gasteiger partial charge is 0.387 e. The molecule has 0 saturated carbocycles. The van der Waals surface area contributed by atoms with Gasteiger partial charge in [-0.3, -0.25) is 4.98 Å². The monoisotopic (exact) mass is 192 g/mol. The SMILES string of the molecule is CCc1ccc2c(n1)CCC(N)C2O. The molecule has 0 radical (unpaired) electrons. The van der Waals surface area contributed by atoms with E-state index in [9.17, 15) is 5.11 Å². The summed E-state index contributed by atoms with van der Waals surface area (Å²) in [6.45, 7) is 2.08. The average molecular weight is 192 g/mol. The molecule has 2 rings (SSSR count). The third-order valence-corrected chi connectivity index (χ3v) is 2.87. The summed E-state index contributed by atoms with van der Waals surface area (Å²) < 4.78 is 0. The third kappa shape index (κ3) is 1.53. The van der Waals surface area contributed by atoms with Crippen LogP contribution in [0.1, 0.15) is 36.4 Å². The van der Waals surface area contributed by atoms with Crippen molar-refractivity contribution in [1.82, 2.24) is 4.98 Å². The van der Waals surface area contributed by atoms with E-state index in [1.54, 1.807) is 0 Å². The van der Waals surface area contributed by atoms with Gasteiger partial charge in [-0.1, -0.05) is 13.0 Å². The van der Waals surface area contributed by atoms with Gasteiger partial charge in [0.25, 0.3) is 0 Å². The first kappa shape index (κ1) is 9.62. The molecule has 3 N–H and O–H groups in total. The Labute approximate surface area is 84.0 Å². The molecule has 0 aliphatic heterocycles. The Bertz CT molecular complexity index is 338. The average Bonchev–Trinajstić information content (AvgIpc) is 2.23. The van der Waals surface area contributed by atoms with Crippen LogP contribution in [0.25, 0.3) is 0 Å². The molecule has 1 aromatic heterocycles. The molecule has 3 nitrogen and oxygen atoms in total. The molecular formula is C11H16N2O. The Balaban J connectivity index is 2.38. The van der Waals surface area contributed by atoms with Crippen LogP contribution < -0.4 is 5.73 Å². The van der Waals surface area contributed by atoms with Crippen molar-refractivity contribution >= 4 is 0 Å². The number of aliphatic hydroxyl groups is 1. The summed E-state index contributed by atoms with van der Waals surface area (Å²) in [6.07, 6.45) is 2.13. The Morgan fingerprint density at radius 3 is 3.07 bits per heavy atom. The van der Waals surface area contributed by atoms with Gasteiger partial charge in [-0.2, -0.15) is 0 Å². The number of pyridine rings is 1. The van der Waals surface area contributed by atoms with Gasteiger partial charge in [0.15, 0.2) is 0 Å². The van der Waals surface area contributed by atoms with E-state index in [-0.39, 0.29) is 6.04 Å². The van der Waals surface area contributed by atoms with Gasteiger partial charge in [0.05, 0.1) is 6.10 Å². The maximum atomic E-state index is 9.83. The number of fused-ring (bicyclic) bond motifs is 1. The fraction of sp³-hybridized carbons (Fsp3) is 0.545. The molecule has 1 heterocycles. The summed E-state index contributed by atoms with van der Waals surface area (Å²) in [5.74, 6) is 0. The first-order chi connectivity index (χ1) is 6.72. The standard InChI is InChI=1S/C11H16N2O/c1-2-7-3-4-8-10(13-7)6-5-9(12)11(8)14/h3-4,9,11,14H,2,5-6,12H2,1H3. The lowest BCUT2D eigenvalue weighted by Gasteiger charge is -2.26. The van der Waals surface area contributed by atoms with E-state index in [1.165, 1.54) is 0 Å². The second-order valence-corrected chi connectivity index (χ2v) is 3.84. The number of aromatic nitrogens is 1. The number of nitrogens with zero attached hydrogens (tertiary/aromatic N) is 1. The predicted molar refractivity (Wildman–Crippen MR) is 54.9 cm³/mol. The Kier molecular flexibility index (Phi) is 2.52. The van der Waals surface area contributed by atoms with Gasteiger partial charge in [0, 0.05) is 23.0 Å². The van der Waals surface area contributed by atoms with Crippen molar-refractivity contribution in [3.63, 3.8) is 0 Å². The van der Waals surface area contributed by atoms with Crippen LogP contribution in [0.4, 0.5) is 0 Å². The molecule has 0 aromatic carbocycles. The molecule has 1 aromatic rings. The van der Waals surface area contributed by atoms with Crippen molar-refractivity contribution in [3.8, 4) is 0 Å². The van der Waals surface area contributed by atoms with E-state index in [4.69, 9.17) is 5.73 Å². The van der Waals surface area contributed by atoms with Crippen molar-refractivity contribution in [3.05, 3.63) is 29.1 Å². The van der Waals surface area contributed by atoms with E-state index in [2.05, 4.69) is 11.9 Å². The first-order valence-electron chi connectivity index (χ1n) is 5.14. The lowest BCUT2D eigenvalue weighted by molar-refractivity contribution is 0.132. The van der Waals surface area contributed by atoms with Crippen molar-refractivity contribution < 1.29 is 5.11 Å². The highest BCUT2D eigenvalue weighted by Gasteiger charge is 2.25. The highest BCUT2D eigenvalue weighted by Crippen LogP contribution is 2.27. The zero-order chi connectivity index (χ0) is 10.1. The number of hydrogen-bond acceptors (Lipinski definition) is 3. The van der Waals surface area contributed by atoms with Gasteiger partial charge in [0.2, 0.25) is 0 Å². The summed E-state index contributed by atoms with van der Waals surface area (Å²) in [5, 5.41) is 9.83. The van der Waals surface area contributed by atoms with Crippen molar-refractivity contribution in [2.45, 2.75) is 38.3 Å².